The predicted octanol–water partition coefficient (Wildman–Crippen LogP) is 1.96. The van der Waals surface area contributed by atoms with Gasteiger partial charge in [0.25, 0.3) is 5.91 Å². The van der Waals surface area contributed by atoms with Crippen LogP contribution < -0.4 is 15.4 Å². The third kappa shape index (κ3) is 12.0. The van der Waals surface area contributed by atoms with Crippen LogP contribution in [-0.4, -0.2) is 69.6 Å². The molecule has 29 heavy (non-hydrogen) atoms. The van der Waals surface area contributed by atoms with Gasteiger partial charge in [0.2, 0.25) is 0 Å². The van der Waals surface area contributed by atoms with Crippen LogP contribution in [0.3, 0.4) is 0 Å². The lowest BCUT2D eigenvalue weighted by Gasteiger charge is -2.14. The second-order valence-corrected chi connectivity index (χ2v) is 6.68. The minimum atomic E-state index is -0.860. The van der Waals surface area contributed by atoms with Crippen molar-refractivity contribution in [3.63, 3.8) is 0 Å². The molecule has 0 saturated carbocycles. The zero-order chi connectivity index (χ0) is 21.3. The molecule has 1 unspecified atom stereocenters. The Balaban J connectivity index is 2.44. The molecule has 0 heterocycles. The zero-order valence-corrected chi connectivity index (χ0v) is 17.4. The summed E-state index contributed by atoms with van der Waals surface area (Å²) in [6, 6.07) is 6.69. The van der Waals surface area contributed by atoms with E-state index in [1.54, 1.807) is 36.0 Å². The van der Waals surface area contributed by atoms with Crippen molar-refractivity contribution in [2.24, 2.45) is 5.11 Å². The number of nitrogens with zero attached hydrogens (tertiary/aromatic N) is 3. The molecule has 1 aromatic rings. The van der Waals surface area contributed by atoms with Crippen molar-refractivity contribution in [2.75, 3.05) is 51.6 Å². The largest absolute Gasteiger partial charge is 0.491 e. The SMILES string of the molecule is CSCNCCNC(=O)c1cccc(OCC(N=[N+]=[N-])OCCOCC(C)=O)c1. The number of carbonyl (C=O) groups is 2. The Kier molecular flexibility index (Phi) is 13.3. The van der Waals surface area contributed by atoms with Gasteiger partial charge in [-0.15, -0.1) is 11.8 Å². The second kappa shape index (κ2) is 15.6. The van der Waals surface area contributed by atoms with Gasteiger partial charge in [-0.3, -0.25) is 9.59 Å². The number of amides is 1. The summed E-state index contributed by atoms with van der Waals surface area (Å²) in [5, 5.41) is 9.51. The summed E-state index contributed by atoms with van der Waals surface area (Å²) in [6.07, 6.45) is 1.14. The number of azide groups is 1. The maximum atomic E-state index is 12.2. The lowest BCUT2D eigenvalue weighted by Crippen LogP contribution is -2.31. The molecule has 0 spiro atoms. The van der Waals surface area contributed by atoms with E-state index in [0.717, 1.165) is 5.88 Å². The summed E-state index contributed by atoms with van der Waals surface area (Å²) < 4.78 is 16.0. The van der Waals surface area contributed by atoms with E-state index in [-0.39, 0.29) is 38.1 Å². The lowest BCUT2D eigenvalue weighted by molar-refractivity contribution is -0.122. The highest BCUT2D eigenvalue weighted by molar-refractivity contribution is 7.98. The van der Waals surface area contributed by atoms with Crippen molar-refractivity contribution < 1.29 is 23.8 Å². The number of rotatable bonds is 16. The first-order chi connectivity index (χ1) is 14.1. The highest BCUT2D eigenvalue weighted by Crippen LogP contribution is 2.14. The Bertz CT molecular complexity index is 684. The van der Waals surface area contributed by atoms with Crippen LogP contribution in [-0.2, 0) is 14.3 Å². The molecule has 1 atom stereocenters. The standard InChI is InChI=1S/C18H27N5O5S/c1-14(24)11-26-8-9-27-17(22-23-19)12-28-16-5-3-4-15(10-16)18(25)21-7-6-20-13-29-2/h3-5,10,17,20H,6-9,11-13H2,1-2H3,(H,21,25). The van der Waals surface area contributed by atoms with Gasteiger partial charge in [0, 0.05) is 29.4 Å². The summed E-state index contributed by atoms with van der Waals surface area (Å²) in [7, 11) is 0. The Morgan fingerprint density at radius 1 is 1.31 bits per heavy atom. The van der Waals surface area contributed by atoms with E-state index in [0.29, 0.717) is 24.4 Å². The van der Waals surface area contributed by atoms with E-state index >= 15 is 0 Å². The molecule has 1 amide bonds. The fraction of sp³-hybridized carbons (Fsp3) is 0.556. The van der Waals surface area contributed by atoms with Crippen LogP contribution in [0.15, 0.2) is 29.4 Å². The molecule has 2 N–H and O–H groups in total. The number of nitrogens with one attached hydrogen (secondary N) is 2. The highest BCUT2D eigenvalue weighted by Gasteiger charge is 2.10. The van der Waals surface area contributed by atoms with E-state index in [1.165, 1.54) is 6.92 Å². The van der Waals surface area contributed by atoms with Crippen LogP contribution in [0.1, 0.15) is 17.3 Å². The van der Waals surface area contributed by atoms with Crippen LogP contribution in [0.4, 0.5) is 0 Å². The summed E-state index contributed by atoms with van der Waals surface area (Å²) in [5.74, 6) is 0.996. The fourth-order valence-electron chi connectivity index (χ4n) is 2.07. The molecule has 1 rings (SSSR count). The highest BCUT2D eigenvalue weighted by atomic mass is 32.2. The normalized spacial score (nSPS) is 11.4. The summed E-state index contributed by atoms with van der Waals surface area (Å²) in [4.78, 5) is 25.7. The maximum absolute atomic E-state index is 12.2. The van der Waals surface area contributed by atoms with Crippen molar-refractivity contribution in [2.45, 2.75) is 13.2 Å². The van der Waals surface area contributed by atoms with Crippen LogP contribution >= 0.6 is 11.8 Å². The first-order valence-electron chi connectivity index (χ1n) is 9.00. The number of Topliss-reactive ketones (excluding diaryl/α,β-unsaturated/α-hetero) is 1. The van der Waals surface area contributed by atoms with Gasteiger partial charge in [0.05, 0.1) is 13.2 Å². The van der Waals surface area contributed by atoms with Gasteiger partial charge in [-0.25, -0.2) is 0 Å². The molecule has 0 aliphatic rings. The Hall–Kier alpha value is -2.30. The monoisotopic (exact) mass is 425 g/mol. The van der Waals surface area contributed by atoms with Crippen molar-refractivity contribution in [3.8, 4) is 5.75 Å². The van der Waals surface area contributed by atoms with E-state index in [9.17, 15) is 9.59 Å². The van der Waals surface area contributed by atoms with E-state index in [1.807, 2.05) is 6.26 Å². The molecular formula is C18H27N5O5S. The number of carbonyl (C=O) groups excluding carboxylic acids is 2. The van der Waals surface area contributed by atoms with Gasteiger partial charge in [-0.05, 0) is 36.9 Å². The van der Waals surface area contributed by atoms with Crippen molar-refractivity contribution >= 4 is 23.5 Å². The van der Waals surface area contributed by atoms with Crippen molar-refractivity contribution in [3.05, 3.63) is 40.3 Å². The summed E-state index contributed by atoms with van der Waals surface area (Å²) in [5.41, 5.74) is 9.11. The number of hydrogen-bond donors (Lipinski definition) is 2. The quantitative estimate of drug-likeness (QED) is 0.136. The van der Waals surface area contributed by atoms with E-state index < -0.39 is 6.23 Å². The number of ketones is 1. The molecule has 0 aromatic heterocycles. The lowest BCUT2D eigenvalue weighted by atomic mass is 10.2. The molecule has 0 aliphatic carbocycles. The Morgan fingerprint density at radius 3 is 2.86 bits per heavy atom. The first kappa shape index (κ1) is 24.7. The maximum Gasteiger partial charge on any atom is 0.251 e. The van der Waals surface area contributed by atoms with Gasteiger partial charge in [0.15, 0.2) is 12.0 Å². The molecule has 0 bridgehead atoms. The topological polar surface area (TPSA) is 135 Å². The van der Waals surface area contributed by atoms with Gasteiger partial charge in [-0.2, -0.15) is 0 Å². The molecule has 0 fully saturated rings. The molecule has 160 valence electrons. The number of ether oxygens (including phenoxy) is 3. The molecule has 0 saturated heterocycles. The van der Waals surface area contributed by atoms with Crippen LogP contribution in [0, 0.1) is 0 Å². The van der Waals surface area contributed by atoms with E-state index in [4.69, 9.17) is 19.7 Å². The van der Waals surface area contributed by atoms with Gasteiger partial charge in [0.1, 0.15) is 19.0 Å². The minimum absolute atomic E-state index is 0.00846. The smallest absolute Gasteiger partial charge is 0.251 e. The zero-order valence-electron chi connectivity index (χ0n) is 16.6. The molecule has 0 aliphatic heterocycles. The van der Waals surface area contributed by atoms with Crippen LogP contribution in [0.5, 0.6) is 5.75 Å². The summed E-state index contributed by atoms with van der Waals surface area (Å²) in [6.45, 7) is 2.95. The predicted molar refractivity (Wildman–Crippen MR) is 111 cm³/mol. The average Bonchev–Trinajstić information content (AvgIpc) is 2.71. The second-order valence-electron chi connectivity index (χ2n) is 5.81. The van der Waals surface area contributed by atoms with Crippen LogP contribution in [0.25, 0.3) is 10.4 Å². The Morgan fingerprint density at radius 2 is 2.14 bits per heavy atom. The summed E-state index contributed by atoms with van der Waals surface area (Å²) >= 11 is 1.68. The Labute approximate surface area is 174 Å². The van der Waals surface area contributed by atoms with Gasteiger partial charge >= 0.3 is 0 Å². The molecule has 11 heteroatoms. The molecule has 0 radical (unpaired) electrons. The van der Waals surface area contributed by atoms with Gasteiger partial charge < -0.3 is 24.8 Å². The fourth-order valence-corrected chi connectivity index (χ4v) is 2.42. The molecule has 10 nitrogen and oxygen atoms in total. The van der Waals surface area contributed by atoms with Crippen molar-refractivity contribution in [1.29, 1.82) is 0 Å². The van der Waals surface area contributed by atoms with Gasteiger partial charge in [-0.1, -0.05) is 11.2 Å². The first-order valence-corrected chi connectivity index (χ1v) is 10.4. The number of thioether (sulfide) groups is 1. The average molecular weight is 426 g/mol. The third-order valence-electron chi connectivity index (χ3n) is 3.35. The third-order valence-corrected chi connectivity index (χ3v) is 3.84. The molecular weight excluding hydrogens is 398 g/mol. The number of hydrogen-bond acceptors (Lipinski definition) is 8. The minimum Gasteiger partial charge on any atom is -0.491 e. The molecule has 1 aromatic carbocycles. The number of benzene rings is 1. The van der Waals surface area contributed by atoms with Crippen molar-refractivity contribution in [1.82, 2.24) is 10.6 Å². The van der Waals surface area contributed by atoms with Crippen LogP contribution in [0.2, 0.25) is 0 Å². The van der Waals surface area contributed by atoms with E-state index in [2.05, 4.69) is 20.7 Å².